The molecule has 0 radical (unpaired) electrons. The maximum atomic E-state index is 11.7. The molecule has 18 heavy (non-hydrogen) atoms. The second-order valence-electron chi connectivity index (χ2n) is 3.95. The molecule has 0 aliphatic rings. The Labute approximate surface area is 113 Å². The Morgan fingerprint density at radius 2 is 2.22 bits per heavy atom. The van der Waals surface area contributed by atoms with Crippen molar-refractivity contribution in [1.82, 2.24) is 14.8 Å². The zero-order chi connectivity index (χ0) is 13.1. The molecule has 2 aromatic rings. The summed E-state index contributed by atoms with van der Waals surface area (Å²) in [5.74, 6) is 0. The highest BCUT2D eigenvalue weighted by Crippen LogP contribution is 2.22. The second-order valence-corrected chi connectivity index (χ2v) is 4.75. The Hall–Kier alpha value is -1.69. The highest BCUT2D eigenvalue weighted by molar-refractivity contribution is 9.10. The van der Waals surface area contributed by atoms with Crippen molar-refractivity contribution in [2.24, 2.45) is 7.05 Å². The molecule has 0 saturated heterocycles. The highest BCUT2D eigenvalue weighted by atomic mass is 79.9. The molecule has 94 valence electrons. The zero-order valence-corrected chi connectivity index (χ0v) is 11.7. The number of anilines is 1. The van der Waals surface area contributed by atoms with Gasteiger partial charge in [0.1, 0.15) is 4.47 Å². The summed E-state index contributed by atoms with van der Waals surface area (Å²) in [7, 11) is 1.61. The van der Waals surface area contributed by atoms with Gasteiger partial charge in [0.25, 0.3) is 5.56 Å². The van der Waals surface area contributed by atoms with E-state index in [0.717, 1.165) is 5.56 Å². The van der Waals surface area contributed by atoms with Crippen molar-refractivity contribution < 1.29 is 0 Å². The van der Waals surface area contributed by atoms with Crippen molar-refractivity contribution in [3.8, 4) is 0 Å². The first-order valence-electron chi connectivity index (χ1n) is 5.48. The van der Waals surface area contributed by atoms with E-state index in [0.29, 0.717) is 10.2 Å². The smallest absolute Gasteiger partial charge is 0.282 e. The number of nitrogens with one attached hydrogen (secondary N) is 1. The standard InChI is InChI=1S/C12H13BrN4O/c1-8(9-4-3-5-14-6-9)16-10-7-15-17(2)12(18)11(10)13/h3-8,16H,1-2H3. The number of pyridine rings is 1. The van der Waals surface area contributed by atoms with Gasteiger partial charge in [-0.25, -0.2) is 4.68 Å². The third-order valence-electron chi connectivity index (χ3n) is 2.63. The molecular formula is C12H13BrN4O. The number of aryl methyl sites for hydroxylation is 1. The molecule has 1 N–H and O–H groups in total. The molecule has 5 nitrogen and oxygen atoms in total. The number of nitrogens with zero attached hydrogens (tertiary/aromatic N) is 3. The SMILES string of the molecule is CC(Nc1cnn(C)c(=O)c1Br)c1cccnc1. The third kappa shape index (κ3) is 2.59. The molecule has 0 aliphatic carbocycles. The van der Waals surface area contributed by atoms with Crippen molar-refractivity contribution in [3.63, 3.8) is 0 Å². The Kier molecular flexibility index (Phi) is 3.76. The summed E-state index contributed by atoms with van der Waals surface area (Å²) >= 11 is 3.28. The van der Waals surface area contributed by atoms with Gasteiger partial charge in [-0.1, -0.05) is 6.07 Å². The van der Waals surface area contributed by atoms with Crippen LogP contribution >= 0.6 is 15.9 Å². The fourth-order valence-electron chi connectivity index (χ4n) is 1.56. The Morgan fingerprint density at radius 3 is 2.89 bits per heavy atom. The lowest BCUT2D eigenvalue weighted by Crippen LogP contribution is -2.22. The lowest BCUT2D eigenvalue weighted by Gasteiger charge is -2.16. The van der Waals surface area contributed by atoms with Crippen LogP contribution in [0.5, 0.6) is 0 Å². The summed E-state index contributed by atoms with van der Waals surface area (Å²) in [6.45, 7) is 2.00. The van der Waals surface area contributed by atoms with E-state index >= 15 is 0 Å². The van der Waals surface area contributed by atoms with Crippen molar-refractivity contribution in [2.75, 3.05) is 5.32 Å². The van der Waals surface area contributed by atoms with Crippen molar-refractivity contribution in [3.05, 3.63) is 51.1 Å². The molecule has 6 heteroatoms. The predicted molar refractivity (Wildman–Crippen MR) is 73.5 cm³/mol. The molecular weight excluding hydrogens is 296 g/mol. The van der Waals surface area contributed by atoms with E-state index in [2.05, 4.69) is 31.3 Å². The molecule has 0 aliphatic heterocycles. The molecule has 0 fully saturated rings. The largest absolute Gasteiger partial charge is 0.376 e. The number of aromatic nitrogens is 3. The van der Waals surface area contributed by atoms with Crippen LogP contribution in [0.2, 0.25) is 0 Å². The molecule has 2 rings (SSSR count). The second kappa shape index (κ2) is 5.30. The van der Waals surface area contributed by atoms with E-state index < -0.39 is 0 Å². The van der Waals surface area contributed by atoms with Gasteiger partial charge in [0.05, 0.1) is 17.9 Å². The van der Waals surface area contributed by atoms with Gasteiger partial charge in [0.2, 0.25) is 0 Å². The molecule has 2 aromatic heterocycles. The number of rotatable bonds is 3. The molecule has 2 heterocycles. The van der Waals surface area contributed by atoms with E-state index in [1.54, 1.807) is 25.6 Å². The van der Waals surface area contributed by atoms with Gasteiger partial charge in [-0.3, -0.25) is 9.78 Å². The van der Waals surface area contributed by atoms with Crippen LogP contribution in [-0.4, -0.2) is 14.8 Å². The third-order valence-corrected chi connectivity index (χ3v) is 3.40. The molecule has 0 spiro atoms. The minimum atomic E-state index is -0.168. The number of hydrogen-bond donors (Lipinski definition) is 1. The monoisotopic (exact) mass is 308 g/mol. The molecule has 0 aromatic carbocycles. The topological polar surface area (TPSA) is 59.8 Å². The van der Waals surface area contributed by atoms with Gasteiger partial charge in [-0.2, -0.15) is 5.10 Å². The first-order chi connectivity index (χ1) is 8.59. The molecule has 1 atom stereocenters. The molecule has 1 unspecified atom stereocenters. The Balaban J connectivity index is 2.25. The fourth-order valence-corrected chi connectivity index (χ4v) is 2.03. The summed E-state index contributed by atoms with van der Waals surface area (Å²) in [5, 5.41) is 7.21. The van der Waals surface area contributed by atoms with Crippen molar-refractivity contribution >= 4 is 21.6 Å². The first-order valence-corrected chi connectivity index (χ1v) is 6.27. The van der Waals surface area contributed by atoms with E-state index in [1.807, 2.05) is 19.1 Å². The van der Waals surface area contributed by atoms with Crippen LogP contribution < -0.4 is 10.9 Å². The first kappa shape index (κ1) is 12.8. The van der Waals surface area contributed by atoms with Gasteiger partial charge in [-0.05, 0) is 34.5 Å². The van der Waals surface area contributed by atoms with Crippen LogP contribution in [-0.2, 0) is 7.05 Å². The van der Waals surface area contributed by atoms with E-state index in [4.69, 9.17) is 0 Å². The van der Waals surface area contributed by atoms with Crippen LogP contribution in [0.25, 0.3) is 0 Å². The minimum absolute atomic E-state index is 0.0453. The maximum Gasteiger partial charge on any atom is 0.282 e. The summed E-state index contributed by atoms with van der Waals surface area (Å²) < 4.78 is 1.76. The van der Waals surface area contributed by atoms with Gasteiger partial charge < -0.3 is 5.32 Å². The fraction of sp³-hybridized carbons (Fsp3) is 0.250. The zero-order valence-electron chi connectivity index (χ0n) is 10.1. The molecule has 0 amide bonds. The van der Waals surface area contributed by atoms with Gasteiger partial charge in [0.15, 0.2) is 0 Å². The van der Waals surface area contributed by atoms with Crippen LogP contribution in [0.4, 0.5) is 5.69 Å². The van der Waals surface area contributed by atoms with E-state index in [1.165, 1.54) is 4.68 Å². The van der Waals surface area contributed by atoms with Crippen molar-refractivity contribution in [2.45, 2.75) is 13.0 Å². The lowest BCUT2D eigenvalue weighted by molar-refractivity contribution is 0.701. The summed E-state index contributed by atoms with van der Waals surface area (Å²) in [6, 6.07) is 3.90. The van der Waals surface area contributed by atoms with Crippen LogP contribution in [0.15, 0.2) is 40.0 Å². The normalized spacial score (nSPS) is 12.2. The van der Waals surface area contributed by atoms with E-state index in [-0.39, 0.29) is 11.6 Å². The summed E-state index contributed by atoms with van der Waals surface area (Å²) in [4.78, 5) is 15.8. The lowest BCUT2D eigenvalue weighted by atomic mass is 10.1. The van der Waals surface area contributed by atoms with Gasteiger partial charge >= 0.3 is 0 Å². The molecule has 0 saturated carbocycles. The summed E-state index contributed by atoms with van der Waals surface area (Å²) in [6.07, 6.45) is 5.14. The average Bonchev–Trinajstić information content (AvgIpc) is 2.40. The van der Waals surface area contributed by atoms with Gasteiger partial charge in [0, 0.05) is 19.4 Å². The van der Waals surface area contributed by atoms with Crippen molar-refractivity contribution in [1.29, 1.82) is 0 Å². The Morgan fingerprint density at radius 1 is 1.44 bits per heavy atom. The summed E-state index contributed by atoms with van der Waals surface area (Å²) in [5.41, 5.74) is 1.55. The van der Waals surface area contributed by atoms with E-state index in [9.17, 15) is 4.79 Å². The number of hydrogen-bond acceptors (Lipinski definition) is 4. The predicted octanol–water partition coefficient (Wildman–Crippen LogP) is 2.11. The number of halogens is 1. The van der Waals surface area contributed by atoms with Crippen LogP contribution in [0.1, 0.15) is 18.5 Å². The molecule has 0 bridgehead atoms. The van der Waals surface area contributed by atoms with Crippen LogP contribution in [0.3, 0.4) is 0 Å². The maximum absolute atomic E-state index is 11.7. The highest BCUT2D eigenvalue weighted by Gasteiger charge is 2.10. The minimum Gasteiger partial charge on any atom is -0.376 e. The quantitative estimate of drug-likeness (QED) is 0.943. The van der Waals surface area contributed by atoms with Crippen LogP contribution in [0, 0.1) is 0 Å². The Bertz CT molecular complexity index is 597. The average molecular weight is 309 g/mol. The van der Waals surface area contributed by atoms with Gasteiger partial charge in [-0.15, -0.1) is 0 Å².